The molecule has 6 nitrogen and oxygen atoms in total. The summed E-state index contributed by atoms with van der Waals surface area (Å²) in [7, 11) is 3.38. The highest BCUT2D eigenvalue weighted by Crippen LogP contribution is 2.24. The van der Waals surface area contributed by atoms with Crippen molar-refractivity contribution in [3.63, 3.8) is 0 Å². The third kappa shape index (κ3) is 4.16. The van der Waals surface area contributed by atoms with Crippen molar-refractivity contribution in [1.29, 1.82) is 0 Å². The van der Waals surface area contributed by atoms with Gasteiger partial charge in [0.05, 0.1) is 18.5 Å². The number of carbonyl (C=O) groups is 1. The maximum absolute atomic E-state index is 13.4. The first-order valence-electron chi connectivity index (χ1n) is 9.74. The van der Waals surface area contributed by atoms with Gasteiger partial charge in [0.2, 0.25) is 0 Å². The van der Waals surface area contributed by atoms with Gasteiger partial charge in [-0.15, -0.1) is 0 Å². The van der Waals surface area contributed by atoms with Crippen LogP contribution in [0.5, 0.6) is 5.75 Å². The van der Waals surface area contributed by atoms with E-state index in [0.29, 0.717) is 23.0 Å². The molecular formula is C23H27N3O3. The summed E-state index contributed by atoms with van der Waals surface area (Å²) in [6.07, 6.45) is 0. The Morgan fingerprint density at radius 3 is 2.28 bits per heavy atom. The Morgan fingerprint density at radius 1 is 1.07 bits per heavy atom. The van der Waals surface area contributed by atoms with Gasteiger partial charge in [0, 0.05) is 19.0 Å². The quantitative estimate of drug-likeness (QED) is 0.637. The van der Waals surface area contributed by atoms with Crippen molar-refractivity contribution in [2.45, 2.75) is 33.4 Å². The topological polar surface area (TPSA) is 64.4 Å². The van der Waals surface area contributed by atoms with Crippen molar-refractivity contribution < 1.29 is 9.53 Å². The van der Waals surface area contributed by atoms with Crippen molar-refractivity contribution in [2.75, 3.05) is 14.2 Å². The lowest BCUT2D eigenvalue weighted by Crippen LogP contribution is -2.34. The van der Waals surface area contributed by atoms with E-state index in [1.165, 1.54) is 4.68 Å². The third-order valence-corrected chi connectivity index (χ3v) is 5.11. The van der Waals surface area contributed by atoms with Gasteiger partial charge in [0.15, 0.2) is 5.69 Å². The molecule has 0 spiro atoms. The average molecular weight is 393 g/mol. The van der Waals surface area contributed by atoms with Crippen LogP contribution in [-0.2, 0) is 6.54 Å². The molecule has 0 aliphatic rings. The van der Waals surface area contributed by atoms with Crippen LogP contribution in [-0.4, -0.2) is 34.7 Å². The number of hydrogen-bond donors (Lipinski definition) is 0. The third-order valence-electron chi connectivity index (χ3n) is 5.11. The van der Waals surface area contributed by atoms with Crippen molar-refractivity contribution in [1.82, 2.24) is 14.7 Å². The van der Waals surface area contributed by atoms with Crippen LogP contribution in [0.15, 0.2) is 53.3 Å². The molecule has 1 unspecified atom stereocenters. The second-order valence-corrected chi connectivity index (χ2v) is 7.64. The van der Waals surface area contributed by atoms with Gasteiger partial charge in [-0.3, -0.25) is 9.59 Å². The highest BCUT2D eigenvalue weighted by atomic mass is 16.5. The van der Waals surface area contributed by atoms with Gasteiger partial charge in [-0.25, -0.2) is 4.68 Å². The zero-order valence-electron chi connectivity index (χ0n) is 17.5. The molecule has 0 bridgehead atoms. The van der Waals surface area contributed by atoms with E-state index >= 15 is 0 Å². The summed E-state index contributed by atoms with van der Waals surface area (Å²) in [6.45, 7) is 6.46. The minimum absolute atomic E-state index is 0.167. The molecule has 0 aliphatic heterocycles. The Morgan fingerprint density at radius 2 is 1.69 bits per heavy atom. The molecule has 1 amide bonds. The molecule has 6 heteroatoms. The van der Waals surface area contributed by atoms with E-state index in [0.717, 1.165) is 11.3 Å². The largest absolute Gasteiger partial charge is 0.497 e. The zero-order valence-corrected chi connectivity index (χ0v) is 17.5. The van der Waals surface area contributed by atoms with Crippen LogP contribution in [0.2, 0.25) is 0 Å². The molecule has 0 saturated carbocycles. The summed E-state index contributed by atoms with van der Waals surface area (Å²) in [5.74, 6) is 0.783. The number of carbonyl (C=O) groups excluding carboxylic acids is 1. The number of nitrogens with zero attached hydrogens (tertiary/aromatic N) is 3. The number of rotatable bonds is 6. The number of ether oxygens (including phenoxy) is 1. The maximum atomic E-state index is 13.4. The minimum atomic E-state index is -0.220. The fourth-order valence-corrected chi connectivity index (χ4v) is 3.31. The molecule has 0 saturated heterocycles. The van der Waals surface area contributed by atoms with Gasteiger partial charge in [-0.2, -0.15) is 5.10 Å². The van der Waals surface area contributed by atoms with E-state index < -0.39 is 0 Å². The van der Waals surface area contributed by atoms with Gasteiger partial charge >= 0.3 is 0 Å². The first-order valence-corrected chi connectivity index (χ1v) is 9.74. The first kappa shape index (κ1) is 20.6. The Labute approximate surface area is 170 Å². The highest BCUT2D eigenvalue weighted by molar-refractivity contribution is 6.04. The Bertz CT molecular complexity index is 1070. The van der Waals surface area contributed by atoms with Crippen LogP contribution in [0, 0.1) is 5.92 Å². The molecule has 0 fully saturated rings. The number of hydrogen-bond acceptors (Lipinski definition) is 4. The smallest absolute Gasteiger partial charge is 0.275 e. The molecule has 1 atom stereocenters. The number of methoxy groups -OCH3 is 1. The monoisotopic (exact) mass is 393 g/mol. The van der Waals surface area contributed by atoms with Crippen molar-refractivity contribution in [3.8, 4) is 5.75 Å². The van der Waals surface area contributed by atoms with E-state index in [2.05, 4.69) is 5.10 Å². The standard InChI is InChI=1S/C23H27N3O3/c1-15(2)14-26-22(27)20-9-7-6-8-19(20)21(24-26)23(28)25(4)16(3)17-10-12-18(29-5)13-11-17/h6-13,15-16H,14H2,1-5H3. The summed E-state index contributed by atoms with van der Waals surface area (Å²) in [5.41, 5.74) is 1.11. The fraction of sp³-hybridized carbons (Fsp3) is 0.348. The predicted octanol–water partition coefficient (Wildman–Crippen LogP) is 3.89. The molecule has 1 heterocycles. The molecule has 0 aliphatic carbocycles. The highest BCUT2D eigenvalue weighted by Gasteiger charge is 2.24. The van der Waals surface area contributed by atoms with E-state index in [-0.39, 0.29) is 23.4 Å². The fourth-order valence-electron chi connectivity index (χ4n) is 3.31. The predicted molar refractivity (Wildman–Crippen MR) is 114 cm³/mol. The van der Waals surface area contributed by atoms with Crippen molar-refractivity contribution in [2.24, 2.45) is 5.92 Å². The van der Waals surface area contributed by atoms with Gasteiger partial charge in [0.25, 0.3) is 11.5 Å². The summed E-state index contributed by atoms with van der Waals surface area (Å²) in [4.78, 5) is 27.8. The van der Waals surface area contributed by atoms with Gasteiger partial charge in [-0.05, 0) is 36.6 Å². The lowest BCUT2D eigenvalue weighted by Gasteiger charge is -2.26. The van der Waals surface area contributed by atoms with E-state index in [9.17, 15) is 9.59 Å². The summed E-state index contributed by atoms with van der Waals surface area (Å²) in [6, 6.07) is 14.6. The van der Waals surface area contributed by atoms with E-state index in [1.54, 1.807) is 37.3 Å². The van der Waals surface area contributed by atoms with Crippen LogP contribution in [0.4, 0.5) is 0 Å². The number of aromatic nitrogens is 2. The van der Waals surface area contributed by atoms with Crippen LogP contribution >= 0.6 is 0 Å². The SMILES string of the molecule is COc1ccc(C(C)N(C)C(=O)c2nn(CC(C)C)c(=O)c3ccccc23)cc1. The zero-order chi connectivity index (χ0) is 21.1. The molecule has 152 valence electrons. The summed E-state index contributed by atoms with van der Waals surface area (Å²) >= 11 is 0. The first-order chi connectivity index (χ1) is 13.8. The molecule has 3 rings (SSSR count). The Balaban J connectivity index is 2.02. The molecule has 0 radical (unpaired) electrons. The van der Waals surface area contributed by atoms with E-state index in [4.69, 9.17) is 4.74 Å². The van der Waals surface area contributed by atoms with Gasteiger partial charge in [-0.1, -0.05) is 44.2 Å². The minimum Gasteiger partial charge on any atom is -0.497 e. The van der Waals surface area contributed by atoms with E-state index in [1.807, 2.05) is 51.1 Å². The Hall–Kier alpha value is -3.15. The van der Waals surface area contributed by atoms with Crippen LogP contribution in [0.3, 0.4) is 0 Å². The molecule has 2 aromatic carbocycles. The Kier molecular flexibility index (Phi) is 6.01. The number of fused-ring (bicyclic) bond motifs is 1. The average Bonchev–Trinajstić information content (AvgIpc) is 2.74. The van der Waals surface area contributed by atoms with Crippen LogP contribution in [0.25, 0.3) is 10.8 Å². The molecular weight excluding hydrogens is 366 g/mol. The second kappa shape index (κ2) is 8.47. The number of benzene rings is 2. The van der Waals surface area contributed by atoms with Crippen molar-refractivity contribution >= 4 is 16.7 Å². The summed E-state index contributed by atoms with van der Waals surface area (Å²) in [5, 5.41) is 5.55. The second-order valence-electron chi connectivity index (χ2n) is 7.64. The molecule has 3 aromatic rings. The van der Waals surface area contributed by atoms with Gasteiger partial charge < -0.3 is 9.64 Å². The van der Waals surface area contributed by atoms with Crippen LogP contribution < -0.4 is 10.3 Å². The molecule has 29 heavy (non-hydrogen) atoms. The normalized spacial score (nSPS) is 12.2. The summed E-state index contributed by atoms with van der Waals surface area (Å²) < 4.78 is 6.62. The van der Waals surface area contributed by atoms with Gasteiger partial charge in [0.1, 0.15) is 5.75 Å². The number of amides is 1. The lowest BCUT2D eigenvalue weighted by molar-refractivity contribution is 0.0736. The molecule has 0 N–H and O–H groups in total. The van der Waals surface area contributed by atoms with Crippen LogP contribution in [0.1, 0.15) is 42.9 Å². The lowest BCUT2D eigenvalue weighted by atomic mass is 10.1. The molecule has 1 aromatic heterocycles. The maximum Gasteiger partial charge on any atom is 0.275 e. The van der Waals surface area contributed by atoms with Crippen molar-refractivity contribution in [3.05, 3.63) is 70.1 Å².